The molecule has 1 fully saturated rings. The van der Waals surface area contributed by atoms with Gasteiger partial charge in [-0.15, -0.1) is 0 Å². The maximum absolute atomic E-state index is 6.11. The molecule has 0 saturated carbocycles. The van der Waals surface area contributed by atoms with Crippen LogP contribution >= 0.6 is 11.6 Å². The highest BCUT2D eigenvalue weighted by molar-refractivity contribution is 6.30. The number of benzene rings is 1. The Balaban J connectivity index is 1.81. The quantitative estimate of drug-likeness (QED) is 0.528. The normalized spacial score (nSPS) is 18.6. The third-order valence-electron chi connectivity index (χ3n) is 5.89. The van der Waals surface area contributed by atoms with E-state index in [2.05, 4.69) is 63.3 Å². The second-order valence-corrected chi connectivity index (χ2v) is 8.80. The van der Waals surface area contributed by atoms with Crippen LogP contribution in [0.2, 0.25) is 5.02 Å². The lowest BCUT2D eigenvalue weighted by Crippen LogP contribution is -2.40. The highest BCUT2D eigenvalue weighted by atomic mass is 35.5. The molecule has 0 bridgehead atoms. The van der Waals surface area contributed by atoms with E-state index < -0.39 is 0 Å². The zero-order chi connectivity index (χ0) is 20.5. The topological polar surface area (TPSA) is 33.4 Å². The zero-order valence-electron chi connectivity index (χ0n) is 17.5. The fourth-order valence-corrected chi connectivity index (χ4v) is 4.63. The Morgan fingerprint density at radius 3 is 2.62 bits per heavy atom. The van der Waals surface area contributed by atoms with E-state index in [1.54, 1.807) is 0 Å². The van der Waals surface area contributed by atoms with E-state index in [1.165, 1.54) is 18.4 Å². The number of hydrogen-bond donors (Lipinski definition) is 0. The summed E-state index contributed by atoms with van der Waals surface area (Å²) in [5, 5.41) is 5.82. The van der Waals surface area contributed by atoms with Gasteiger partial charge in [0, 0.05) is 41.4 Å². The molecule has 0 spiro atoms. The van der Waals surface area contributed by atoms with Gasteiger partial charge >= 0.3 is 0 Å². The Labute approximate surface area is 178 Å². The van der Waals surface area contributed by atoms with Crippen LogP contribution in [-0.4, -0.2) is 27.2 Å². The summed E-state index contributed by atoms with van der Waals surface area (Å²) in [5.41, 5.74) is 4.20. The van der Waals surface area contributed by atoms with Crippen LogP contribution < -0.4 is 4.90 Å². The molecule has 2 unspecified atom stereocenters. The number of aryl methyl sites for hydroxylation is 1. The summed E-state index contributed by atoms with van der Waals surface area (Å²) in [6.07, 6.45) is 5.65. The standard InChI is InChI=1S/C24H29ClN4/c1-5-20-8-6-7-13-28(20)23-14-17(4)26-22-15-21(27-29(22)23)24(16(2)3)18-9-11-19(25)12-10-18/h5,9-12,14-16,20,24H,1,6-8,13H2,2-4H3. The van der Waals surface area contributed by atoms with Crippen LogP contribution in [0.15, 0.2) is 36.4 Å². The van der Waals surface area contributed by atoms with Gasteiger partial charge in [-0.3, -0.25) is 0 Å². The lowest BCUT2D eigenvalue weighted by Gasteiger charge is -2.36. The van der Waals surface area contributed by atoms with Gasteiger partial charge < -0.3 is 4.90 Å². The fourth-order valence-electron chi connectivity index (χ4n) is 4.51. The minimum atomic E-state index is 0.193. The SMILES string of the molecule is [CH2][CH]C1CCCCN1c1cc(C)nc2cc(C(c3ccc(Cl)cc3)C(C)C)nn12. The molecule has 3 aromatic rings. The van der Waals surface area contributed by atoms with E-state index in [4.69, 9.17) is 21.7 Å². The first-order valence-electron chi connectivity index (χ1n) is 10.5. The Bertz CT molecular complexity index is 976. The molecule has 3 heterocycles. The average Bonchev–Trinajstić information content (AvgIpc) is 3.11. The first-order chi connectivity index (χ1) is 14.0. The van der Waals surface area contributed by atoms with Crippen LogP contribution in [0, 0.1) is 26.2 Å². The number of nitrogens with zero attached hydrogens (tertiary/aromatic N) is 4. The van der Waals surface area contributed by atoms with Gasteiger partial charge in [-0.25, -0.2) is 4.98 Å². The summed E-state index contributed by atoms with van der Waals surface area (Å²) >= 11 is 6.11. The maximum Gasteiger partial charge on any atom is 0.157 e. The van der Waals surface area contributed by atoms with Crippen molar-refractivity contribution in [3.63, 3.8) is 0 Å². The van der Waals surface area contributed by atoms with E-state index in [0.717, 1.165) is 40.8 Å². The summed E-state index contributed by atoms with van der Waals surface area (Å²) in [4.78, 5) is 7.21. The molecular formula is C24H29ClN4. The summed E-state index contributed by atoms with van der Waals surface area (Å²) < 4.78 is 2.02. The number of rotatable bonds is 5. The van der Waals surface area contributed by atoms with Crippen molar-refractivity contribution in [2.45, 2.75) is 52.0 Å². The molecule has 1 saturated heterocycles. The number of hydrogen-bond acceptors (Lipinski definition) is 3. The second-order valence-electron chi connectivity index (χ2n) is 8.36. The highest BCUT2D eigenvalue weighted by Gasteiger charge is 2.26. The maximum atomic E-state index is 6.11. The molecular weight excluding hydrogens is 380 g/mol. The Morgan fingerprint density at radius 1 is 1.17 bits per heavy atom. The molecule has 2 radical (unpaired) electrons. The van der Waals surface area contributed by atoms with Gasteiger partial charge in [0.25, 0.3) is 0 Å². The molecule has 4 nitrogen and oxygen atoms in total. The first kappa shape index (κ1) is 20.2. The van der Waals surface area contributed by atoms with Crippen LogP contribution in [0.1, 0.15) is 56.0 Å². The number of anilines is 1. The Morgan fingerprint density at radius 2 is 1.93 bits per heavy atom. The fraction of sp³-hybridized carbons (Fsp3) is 0.417. The average molecular weight is 409 g/mol. The highest BCUT2D eigenvalue weighted by Crippen LogP contribution is 2.34. The third kappa shape index (κ3) is 4.00. The van der Waals surface area contributed by atoms with Crippen LogP contribution in [0.5, 0.6) is 0 Å². The molecule has 4 rings (SSSR count). The Kier molecular flexibility index (Phi) is 5.82. The van der Waals surface area contributed by atoms with Crippen LogP contribution in [0.25, 0.3) is 5.65 Å². The van der Waals surface area contributed by atoms with Gasteiger partial charge in [0.05, 0.1) is 5.69 Å². The number of aromatic nitrogens is 3. The van der Waals surface area contributed by atoms with Gasteiger partial charge in [-0.05, 0) is 63.1 Å². The number of fused-ring (bicyclic) bond motifs is 1. The molecule has 5 heteroatoms. The molecule has 2 aromatic heterocycles. The predicted molar refractivity (Wildman–Crippen MR) is 120 cm³/mol. The summed E-state index contributed by atoms with van der Waals surface area (Å²) in [7, 11) is 0. The molecule has 0 amide bonds. The molecule has 1 aliphatic heterocycles. The van der Waals surface area contributed by atoms with Crippen molar-refractivity contribution in [3.05, 3.63) is 71.7 Å². The van der Waals surface area contributed by atoms with Crippen LogP contribution in [0.4, 0.5) is 5.82 Å². The molecule has 1 aromatic carbocycles. The zero-order valence-corrected chi connectivity index (χ0v) is 18.2. The van der Waals surface area contributed by atoms with Crippen molar-refractivity contribution in [1.29, 1.82) is 0 Å². The predicted octanol–water partition coefficient (Wildman–Crippen LogP) is 5.88. The first-order valence-corrected chi connectivity index (χ1v) is 10.9. The van der Waals surface area contributed by atoms with Crippen molar-refractivity contribution in [3.8, 4) is 0 Å². The minimum Gasteiger partial charge on any atom is -0.353 e. The second kappa shape index (κ2) is 8.35. The van der Waals surface area contributed by atoms with Crippen LogP contribution in [0.3, 0.4) is 0 Å². The summed E-state index contributed by atoms with van der Waals surface area (Å²) in [5.74, 6) is 1.71. The summed E-state index contributed by atoms with van der Waals surface area (Å²) in [6.45, 7) is 11.6. The van der Waals surface area contributed by atoms with Crippen molar-refractivity contribution in [2.24, 2.45) is 5.92 Å². The van der Waals surface area contributed by atoms with Gasteiger partial charge in [0.2, 0.25) is 0 Å². The molecule has 0 N–H and O–H groups in total. The van der Waals surface area contributed by atoms with Crippen molar-refractivity contribution < 1.29 is 0 Å². The minimum absolute atomic E-state index is 0.193. The molecule has 0 aliphatic carbocycles. The molecule has 152 valence electrons. The van der Waals surface area contributed by atoms with E-state index >= 15 is 0 Å². The summed E-state index contributed by atoms with van der Waals surface area (Å²) in [6, 6.07) is 12.8. The van der Waals surface area contributed by atoms with Crippen molar-refractivity contribution in [2.75, 3.05) is 11.4 Å². The van der Waals surface area contributed by atoms with Crippen molar-refractivity contribution >= 4 is 23.1 Å². The number of halogens is 1. The van der Waals surface area contributed by atoms with Crippen molar-refractivity contribution in [1.82, 2.24) is 14.6 Å². The van der Waals surface area contributed by atoms with Gasteiger partial charge in [0.1, 0.15) is 5.82 Å². The molecule has 2 atom stereocenters. The third-order valence-corrected chi connectivity index (χ3v) is 6.14. The van der Waals surface area contributed by atoms with Gasteiger partial charge in [-0.1, -0.05) is 37.6 Å². The van der Waals surface area contributed by atoms with E-state index in [1.807, 2.05) is 16.6 Å². The van der Waals surface area contributed by atoms with E-state index in [0.29, 0.717) is 12.0 Å². The lowest BCUT2D eigenvalue weighted by atomic mass is 9.86. The monoisotopic (exact) mass is 408 g/mol. The van der Waals surface area contributed by atoms with Crippen LogP contribution in [-0.2, 0) is 0 Å². The lowest BCUT2D eigenvalue weighted by molar-refractivity contribution is 0.492. The van der Waals surface area contributed by atoms with Gasteiger partial charge in [0.15, 0.2) is 5.65 Å². The Hall–Kier alpha value is -2.07. The largest absolute Gasteiger partial charge is 0.353 e. The van der Waals surface area contributed by atoms with E-state index in [-0.39, 0.29) is 5.92 Å². The van der Waals surface area contributed by atoms with Gasteiger partial charge in [-0.2, -0.15) is 9.61 Å². The molecule has 1 aliphatic rings. The number of piperidine rings is 1. The smallest absolute Gasteiger partial charge is 0.157 e. The molecule has 29 heavy (non-hydrogen) atoms. The van der Waals surface area contributed by atoms with E-state index in [9.17, 15) is 0 Å².